The Morgan fingerprint density at radius 1 is 1.32 bits per heavy atom. The van der Waals surface area contributed by atoms with Crippen molar-refractivity contribution < 1.29 is 4.79 Å². The van der Waals surface area contributed by atoms with Crippen LogP contribution in [0.1, 0.15) is 31.3 Å². The van der Waals surface area contributed by atoms with E-state index < -0.39 is 0 Å². The molecule has 0 radical (unpaired) electrons. The van der Waals surface area contributed by atoms with E-state index in [2.05, 4.69) is 5.32 Å². The van der Waals surface area contributed by atoms with Gasteiger partial charge in [-0.15, -0.1) is 0 Å². The number of carbonyl (C=O) groups is 1. The largest absolute Gasteiger partial charge is 0.349 e. The predicted octanol–water partition coefficient (Wildman–Crippen LogP) is 2.16. The molecule has 0 bridgehead atoms. The van der Waals surface area contributed by atoms with Crippen LogP contribution in [0.25, 0.3) is 10.8 Å². The van der Waals surface area contributed by atoms with Gasteiger partial charge in [0, 0.05) is 18.0 Å². The van der Waals surface area contributed by atoms with Gasteiger partial charge >= 0.3 is 0 Å². The van der Waals surface area contributed by atoms with E-state index in [1.54, 1.807) is 12.1 Å². The summed E-state index contributed by atoms with van der Waals surface area (Å²) >= 11 is 0. The number of hydrogen-bond acceptors (Lipinski definition) is 2. The van der Waals surface area contributed by atoms with Gasteiger partial charge in [0.15, 0.2) is 0 Å². The Hall–Kier alpha value is -2.10. The van der Waals surface area contributed by atoms with Crippen LogP contribution in [0.3, 0.4) is 0 Å². The highest BCUT2D eigenvalue weighted by Gasteiger charge is 2.14. The first-order valence-electron chi connectivity index (χ1n) is 6.48. The van der Waals surface area contributed by atoms with E-state index in [-0.39, 0.29) is 17.5 Å². The molecule has 0 aliphatic carbocycles. The average Bonchev–Trinajstić information content (AvgIpc) is 2.38. The summed E-state index contributed by atoms with van der Waals surface area (Å²) in [5.41, 5.74) is 0.300. The number of aromatic nitrogens is 1. The number of carbonyl (C=O) groups excluding carboxylic acids is 1. The molecule has 4 nitrogen and oxygen atoms in total. The van der Waals surface area contributed by atoms with Gasteiger partial charge in [-0.3, -0.25) is 9.59 Å². The lowest BCUT2D eigenvalue weighted by Crippen LogP contribution is -2.35. The molecule has 0 spiro atoms. The van der Waals surface area contributed by atoms with Gasteiger partial charge in [-0.1, -0.05) is 18.2 Å². The summed E-state index contributed by atoms with van der Waals surface area (Å²) in [6.45, 7) is 6.13. The van der Waals surface area contributed by atoms with E-state index in [1.165, 1.54) is 4.57 Å². The first-order chi connectivity index (χ1) is 9.04. The molecule has 0 saturated heterocycles. The molecule has 2 rings (SSSR count). The van der Waals surface area contributed by atoms with Crippen molar-refractivity contribution >= 4 is 16.7 Å². The zero-order valence-corrected chi connectivity index (χ0v) is 11.4. The van der Waals surface area contributed by atoms with E-state index in [9.17, 15) is 9.59 Å². The first-order valence-corrected chi connectivity index (χ1v) is 6.48. The Morgan fingerprint density at radius 3 is 2.63 bits per heavy atom. The molecule has 1 heterocycles. The van der Waals surface area contributed by atoms with E-state index in [4.69, 9.17) is 0 Å². The third kappa shape index (κ3) is 2.52. The van der Waals surface area contributed by atoms with Gasteiger partial charge in [0.2, 0.25) is 0 Å². The molecular weight excluding hydrogens is 240 g/mol. The summed E-state index contributed by atoms with van der Waals surface area (Å²) in [4.78, 5) is 24.5. The molecule has 0 aliphatic rings. The fourth-order valence-corrected chi connectivity index (χ4v) is 2.14. The van der Waals surface area contributed by atoms with Gasteiger partial charge in [-0.05, 0) is 38.3 Å². The van der Waals surface area contributed by atoms with Crippen molar-refractivity contribution in [2.45, 2.75) is 33.4 Å². The molecule has 1 aromatic heterocycles. The number of amides is 1. The fraction of sp³-hybridized carbons (Fsp3) is 0.333. The molecule has 0 atom stereocenters. The lowest BCUT2D eigenvalue weighted by Gasteiger charge is -2.14. The molecule has 1 amide bonds. The lowest BCUT2D eigenvalue weighted by atomic mass is 10.1. The number of hydrogen-bond donors (Lipinski definition) is 1. The fourth-order valence-electron chi connectivity index (χ4n) is 2.14. The monoisotopic (exact) mass is 258 g/mol. The number of benzene rings is 1. The minimum Gasteiger partial charge on any atom is -0.349 e. The SMILES string of the molecule is CCn1c(C(=O)NC(C)C)cc2ccccc2c1=O. The number of fused-ring (bicyclic) bond motifs is 1. The zero-order chi connectivity index (χ0) is 14.0. The molecule has 19 heavy (non-hydrogen) atoms. The third-order valence-electron chi connectivity index (χ3n) is 2.99. The van der Waals surface area contributed by atoms with Crippen molar-refractivity contribution in [1.82, 2.24) is 9.88 Å². The van der Waals surface area contributed by atoms with Crippen LogP contribution >= 0.6 is 0 Å². The smallest absolute Gasteiger partial charge is 0.268 e. The standard InChI is InChI=1S/C15H18N2O2/c1-4-17-13(14(18)16-10(2)3)9-11-7-5-6-8-12(11)15(17)19/h5-10H,4H2,1-3H3,(H,16,18). The molecule has 0 unspecified atom stereocenters. The van der Waals surface area contributed by atoms with E-state index in [1.807, 2.05) is 39.0 Å². The third-order valence-corrected chi connectivity index (χ3v) is 2.99. The summed E-state index contributed by atoms with van der Waals surface area (Å²) < 4.78 is 1.51. The molecule has 0 fully saturated rings. The number of nitrogens with one attached hydrogen (secondary N) is 1. The van der Waals surface area contributed by atoms with Crippen LogP contribution in [0, 0.1) is 0 Å². The zero-order valence-electron chi connectivity index (χ0n) is 11.4. The van der Waals surface area contributed by atoms with Crippen LogP contribution < -0.4 is 10.9 Å². The number of pyridine rings is 1. The van der Waals surface area contributed by atoms with E-state index in [0.29, 0.717) is 17.6 Å². The maximum Gasteiger partial charge on any atom is 0.268 e. The Kier molecular flexibility index (Phi) is 3.69. The van der Waals surface area contributed by atoms with Gasteiger partial charge in [0.25, 0.3) is 11.5 Å². The Morgan fingerprint density at radius 2 is 2.00 bits per heavy atom. The van der Waals surface area contributed by atoms with Gasteiger partial charge in [0.05, 0.1) is 0 Å². The van der Waals surface area contributed by atoms with Gasteiger partial charge in [-0.2, -0.15) is 0 Å². The number of rotatable bonds is 3. The summed E-state index contributed by atoms with van der Waals surface area (Å²) in [5.74, 6) is -0.209. The lowest BCUT2D eigenvalue weighted by molar-refractivity contribution is 0.0932. The summed E-state index contributed by atoms with van der Waals surface area (Å²) in [6.07, 6.45) is 0. The quantitative estimate of drug-likeness (QED) is 0.917. The van der Waals surface area contributed by atoms with Crippen molar-refractivity contribution in [2.75, 3.05) is 0 Å². The van der Waals surface area contributed by atoms with E-state index in [0.717, 1.165) is 5.39 Å². The molecule has 100 valence electrons. The van der Waals surface area contributed by atoms with Crippen LogP contribution in [0.15, 0.2) is 35.1 Å². The molecular formula is C15H18N2O2. The van der Waals surface area contributed by atoms with Crippen LogP contribution in [-0.4, -0.2) is 16.5 Å². The average molecular weight is 258 g/mol. The summed E-state index contributed by atoms with van der Waals surface area (Å²) in [6, 6.07) is 9.15. The molecule has 0 saturated carbocycles. The highest BCUT2D eigenvalue weighted by Crippen LogP contribution is 2.12. The van der Waals surface area contributed by atoms with Crippen LogP contribution in [0.4, 0.5) is 0 Å². The second-order valence-corrected chi connectivity index (χ2v) is 4.79. The normalized spacial score (nSPS) is 10.9. The van der Waals surface area contributed by atoms with Crippen molar-refractivity contribution in [1.29, 1.82) is 0 Å². The minimum atomic E-state index is -0.209. The summed E-state index contributed by atoms with van der Waals surface area (Å²) in [5, 5.41) is 4.27. The molecule has 1 N–H and O–H groups in total. The van der Waals surface area contributed by atoms with Gasteiger partial charge < -0.3 is 9.88 Å². The number of nitrogens with zero attached hydrogens (tertiary/aromatic N) is 1. The minimum absolute atomic E-state index is 0.0411. The van der Waals surface area contributed by atoms with Crippen molar-refractivity contribution in [2.24, 2.45) is 0 Å². The van der Waals surface area contributed by atoms with E-state index >= 15 is 0 Å². The van der Waals surface area contributed by atoms with Crippen LogP contribution in [0.2, 0.25) is 0 Å². The Labute approximate surface area is 112 Å². The van der Waals surface area contributed by atoms with Gasteiger partial charge in [0.1, 0.15) is 5.69 Å². The maximum atomic E-state index is 12.4. The molecule has 4 heteroatoms. The highest BCUT2D eigenvalue weighted by molar-refractivity contribution is 5.96. The van der Waals surface area contributed by atoms with Crippen LogP contribution in [0.5, 0.6) is 0 Å². The molecule has 0 aliphatic heterocycles. The first kappa shape index (κ1) is 13.3. The van der Waals surface area contributed by atoms with Crippen molar-refractivity contribution in [3.8, 4) is 0 Å². The molecule has 1 aromatic carbocycles. The van der Waals surface area contributed by atoms with Crippen molar-refractivity contribution in [3.05, 3.63) is 46.4 Å². The predicted molar refractivity (Wildman–Crippen MR) is 76.5 cm³/mol. The van der Waals surface area contributed by atoms with Crippen molar-refractivity contribution in [3.63, 3.8) is 0 Å². The highest BCUT2D eigenvalue weighted by atomic mass is 16.2. The second-order valence-electron chi connectivity index (χ2n) is 4.79. The molecule has 2 aromatic rings. The van der Waals surface area contributed by atoms with Crippen LogP contribution in [-0.2, 0) is 6.54 Å². The Bertz CT molecular complexity index is 671. The van der Waals surface area contributed by atoms with Gasteiger partial charge in [-0.25, -0.2) is 0 Å². The Balaban J connectivity index is 2.66. The summed E-state index contributed by atoms with van der Waals surface area (Å²) in [7, 11) is 0. The second kappa shape index (κ2) is 5.26. The topological polar surface area (TPSA) is 51.1 Å². The maximum absolute atomic E-state index is 12.4.